The van der Waals surface area contributed by atoms with Crippen molar-refractivity contribution in [3.05, 3.63) is 96.8 Å². The molecule has 0 bridgehead atoms. The van der Waals surface area contributed by atoms with Gasteiger partial charge < -0.3 is 27.7 Å². The lowest BCUT2D eigenvalue weighted by molar-refractivity contribution is -0.520. The molecule has 11 heteroatoms. The summed E-state index contributed by atoms with van der Waals surface area (Å²) >= 11 is 0. The molecule has 266 valence electrons. The number of carbonyl (C=O) groups is 1. The molecule has 0 fully saturated rings. The molecule has 0 aliphatic rings. The van der Waals surface area contributed by atoms with Crippen LogP contribution in [-0.4, -0.2) is 47.4 Å². The number of ether oxygens (including phenoxy) is 4. The molecular weight excluding hydrogens is 671 g/mol. The topological polar surface area (TPSA) is 125 Å². The van der Waals surface area contributed by atoms with Crippen LogP contribution in [0.1, 0.15) is 39.3 Å². The van der Waals surface area contributed by atoms with Crippen molar-refractivity contribution in [2.75, 3.05) is 28.4 Å². The van der Waals surface area contributed by atoms with Crippen LogP contribution in [0.25, 0.3) is 49.3 Å². The van der Waals surface area contributed by atoms with Gasteiger partial charge in [0.2, 0.25) is 5.52 Å². The molecule has 2 heterocycles. The van der Waals surface area contributed by atoms with Crippen LogP contribution >= 0.6 is 0 Å². The van der Waals surface area contributed by atoms with Crippen molar-refractivity contribution >= 4 is 43.4 Å². The Labute approximate surface area is 298 Å². The molecule has 0 aliphatic heterocycles. The second-order valence-electron chi connectivity index (χ2n) is 12.4. The Bertz CT molecular complexity index is 2320. The summed E-state index contributed by atoms with van der Waals surface area (Å²) in [4.78, 5) is 10.4. The molecule has 0 unspecified atom stereocenters. The van der Waals surface area contributed by atoms with E-state index in [2.05, 4.69) is 107 Å². The number of aromatic nitrogens is 1. The minimum atomic E-state index is -4.87. The first kappa shape index (κ1) is 36.9. The highest BCUT2D eigenvalue weighted by molar-refractivity contribution is 7.81. The van der Waals surface area contributed by atoms with Gasteiger partial charge in [-0.1, -0.05) is 82.3 Å². The number of pyridine rings is 2. The molecule has 0 atom stereocenters. The van der Waals surface area contributed by atoms with E-state index in [1.807, 2.05) is 6.07 Å². The number of fused-ring (bicyclic) bond motifs is 4. The van der Waals surface area contributed by atoms with E-state index in [4.69, 9.17) is 18.9 Å². The van der Waals surface area contributed by atoms with Gasteiger partial charge in [-0.2, -0.15) is 4.40 Å². The van der Waals surface area contributed by atoms with E-state index in [9.17, 15) is 17.8 Å². The zero-order valence-electron chi connectivity index (χ0n) is 29.8. The average Bonchev–Trinajstić information content (AvgIpc) is 3.12. The first-order valence-corrected chi connectivity index (χ1v) is 17.6. The average molecular weight is 712 g/mol. The SMILES string of the molecule is CC(C)C(=O)OS(=O)(=O)[O-].COc1cc2cc3c4cc(-c5ccc(-c6ccccc6)cc5)c(OC)c(OC)c4cc[n+]3c(C(C)C)c2cc1OC. The van der Waals surface area contributed by atoms with Crippen molar-refractivity contribution in [3.63, 3.8) is 0 Å². The minimum absolute atomic E-state index is 0.256. The van der Waals surface area contributed by atoms with Gasteiger partial charge in [0.25, 0.3) is 10.4 Å². The third kappa shape index (κ3) is 7.69. The standard InChI is InChI=1S/C36H34NO4.C4H8O5S/c1-22(2)34-28-21-33(39-4)32(38-3)19-26(28)18-31-30-20-29(36(41-6)35(40-5)27(30)16-17-37(31)34)25-14-12-24(13-15-25)23-10-8-7-9-11-23;1-3(2)4(5)9-10(6,7)8/h7-22H,1-6H3;3H,1-2H3,(H,6,7,8)/q+1;/p-1. The maximum Gasteiger partial charge on any atom is 0.323 e. The summed E-state index contributed by atoms with van der Waals surface area (Å²) in [6.45, 7) is 7.29. The Morgan fingerprint density at radius 3 is 1.78 bits per heavy atom. The Morgan fingerprint density at radius 1 is 0.667 bits per heavy atom. The number of rotatable bonds is 9. The van der Waals surface area contributed by atoms with Gasteiger partial charge in [-0.3, -0.25) is 4.79 Å². The Hall–Kier alpha value is -5.39. The lowest BCUT2D eigenvalue weighted by Gasteiger charge is -2.17. The third-order valence-electron chi connectivity index (χ3n) is 8.50. The second-order valence-corrected chi connectivity index (χ2v) is 13.4. The lowest BCUT2D eigenvalue weighted by Crippen LogP contribution is -2.29. The van der Waals surface area contributed by atoms with Crippen molar-refractivity contribution in [2.45, 2.75) is 33.6 Å². The molecule has 0 amide bonds. The number of carbonyl (C=O) groups excluding carboxylic acids is 1. The third-order valence-corrected chi connectivity index (χ3v) is 8.87. The maximum atomic E-state index is 10.4. The normalized spacial score (nSPS) is 11.4. The summed E-state index contributed by atoms with van der Waals surface area (Å²) < 4.78 is 58.3. The van der Waals surface area contributed by atoms with Crippen molar-refractivity contribution < 1.29 is 45.3 Å². The summed E-state index contributed by atoms with van der Waals surface area (Å²) in [5, 5.41) is 4.28. The van der Waals surface area contributed by atoms with E-state index < -0.39 is 22.3 Å². The summed E-state index contributed by atoms with van der Waals surface area (Å²) in [7, 11) is 1.88. The van der Waals surface area contributed by atoms with Gasteiger partial charge in [0, 0.05) is 29.0 Å². The lowest BCUT2D eigenvalue weighted by atomic mass is 9.95. The highest BCUT2D eigenvalue weighted by Gasteiger charge is 2.26. The Morgan fingerprint density at radius 2 is 1.25 bits per heavy atom. The summed E-state index contributed by atoms with van der Waals surface area (Å²) in [6, 6.07) is 29.7. The number of benzene rings is 4. The van der Waals surface area contributed by atoms with E-state index in [0.29, 0.717) is 17.2 Å². The van der Waals surface area contributed by atoms with Crippen molar-refractivity contribution in [2.24, 2.45) is 5.92 Å². The van der Waals surface area contributed by atoms with Crippen molar-refractivity contribution in [1.82, 2.24) is 0 Å². The Balaban J connectivity index is 0.000000442. The number of hydrogen-bond donors (Lipinski definition) is 0. The van der Waals surface area contributed by atoms with Gasteiger partial charge in [0.1, 0.15) is 0 Å². The predicted octanol–water partition coefficient (Wildman–Crippen LogP) is 7.87. The zero-order chi connectivity index (χ0) is 37.0. The van der Waals surface area contributed by atoms with Crippen LogP contribution < -0.4 is 23.3 Å². The number of nitrogens with zero attached hydrogens (tertiary/aromatic N) is 1. The molecule has 51 heavy (non-hydrogen) atoms. The fourth-order valence-electron chi connectivity index (χ4n) is 6.14. The molecule has 6 rings (SSSR count). The zero-order valence-corrected chi connectivity index (χ0v) is 30.7. The minimum Gasteiger partial charge on any atom is -0.716 e. The predicted molar refractivity (Wildman–Crippen MR) is 196 cm³/mol. The molecule has 2 aromatic heterocycles. The maximum absolute atomic E-state index is 10.4. The van der Waals surface area contributed by atoms with E-state index in [1.165, 1.54) is 30.7 Å². The largest absolute Gasteiger partial charge is 0.716 e. The molecule has 0 saturated carbocycles. The van der Waals surface area contributed by atoms with Gasteiger partial charge in [-0.25, -0.2) is 8.42 Å². The molecule has 0 spiro atoms. The molecule has 0 saturated heterocycles. The molecular formula is C40H41NO9S. The summed E-state index contributed by atoms with van der Waals surface area (Å²) in [6.07, 6.45) is 2.12. The fraction of sp³-hybridized carbons (Fsp3) is 0.250. The van der Waals surface area contributed by atoms with E-state index in [1.54, 1.807) is 28.4 Å². The van der Waals surface area contributed by atoms with Crippen LogP contribution in [0.3, 0.4) is 0 Å². The van der Waals surface area contributed by atoms with Crippen LogP contribution in [0.15, 0.2) is 91.1 Å². The van der Waals surface area contributed by atoms with E-state index in [-0.39, 0.29) is 5.92 Å². The fourth-order valence-corrected chi connectivity index (χ4v) is 6.53. The summed E-state index contributed by atoms with van der Waals surface area (Å²) in [5.74, 6) is 1.47. The first-order valence-electron chi connectivity index (χ1n) is 16.3. The first-order chi connectivity index (χ1) is 24.3. The van der Waals surface area contributed by atoms with Crippen LogP contribution in [0.2, 0.25) is 0 Å². The second kappa shape index (κ2) is 15.2. The number of hydrogen-bond acceptors (Lipinski definition) is 9. The molecule has 0 radical (unpaired) electrons. The molecule has 10 nitrogen and oxygen atoms in total. The Kier molecular flexibility index (Phi) is 11.0. The van der Waals surface area contributed by atoms with Gasteiger partial charge in [0.05, 0.1) is 45.1 Å². The number of methoxy groups -OCH3 is 4. The monoisotopic (exact) mass is 711 g/mol. The van der Waals surface area contributed by atoms with Crippen LogP contribution in [0.5, 0.6) is 23.0 Å². The van der Waals surface area contributed by atoms with Gasteiger partial charge >= 0.3 is 5.97 Å². The van der Waals surface area contributed by atoms with Gasteiger partial charge in [-0.05, 0) is 40.3 Å². The highest BCUT2D eigenvalue weighted by Crippen LogP contribution is 2.45. The van der Waals surface area contributed by atoms with Crippen molar-refractivity contribution in [3.8, 4) is 45.3 Å². The molecule has 0 N–H and O–H groups in total. The van der Waals surface area contributed by atoms with E-state index in [0.717, 1.165) is 43.9 Å². The highest BCUT2D eigenvalue weighted by atomic mass is 32.3. The van der Waals surface area contributed by atoms with Gasteiger partial charge in [0.15, 0.2) is 34.9 Å². The van der Waals surface area contributed by atoms with Crippen LogP contribution in [0.4, 0.5) is 0 Å². The van der Waals surface area contributed by atoms with Crippen LogP contribution in [0, 0.1) is 5.92 Å². The molecule has 4 aromatic carbocycles. The van der Waals surface area contributed by atoms with Gasteiger partial charge in [-0.15, -0.1) is 0 Å². The smallest absolute Gasteiger partial charge is 0.323 e. The quantitative estimate of drug-likeness (QED) is 0.0485. The van der Waals surface area contributed by atoms with Crippen molar-refractivity contribution in [1.29, 1.82) is 0 Å². The molecule has 6 aromatic rings. The van der Waals surface area contributed by atoms with Crippen LogP contribution in [-0.2, 0) is 19.4 Å². The molecule has 0 aliphatic carbocycles. The van der Waals surface area contributed by atoms with E-state index >= 15 is 0 Å². The summed E-state index contributed by atoms with van der Waals surface area (Å²) in [5.41, 5.74) is 6.66.